The molecule has 2 fully saturated rings. The minimum atomic E-state index is 0.258. The number of rotatable bonds is 4. The van der Waals surface area contributed by atoms with Crippen molar-refractivity contribution in [2.75, 3.05) is 19.6 Å². The zero-order valence-corrected chi connectivity index (χ0v) is 11.9. The highest BCUT2D eigenvalue weighted by Crippen LogP contribution is 2.37. The highest BCUT2D eigenvalue weighted by atomic mass is 15.2. The Morgan fingerprint density at radius 1 is 1.18 bits per heavy atom. The molecule has 17 heavy (non-hydrogen) atoms. The van der Waals surface area contributed by atoms with Gasteiger partial charge in [-0.25, -0.2) is 0 Å². The molecule has 1 saturated carbocycles. The molecule has 2 heteroatoms. The highest BCUT2D eigenvalue weighted by Gasteiger charge is 2.37. The van der Waals surface area contributed by atoms with Gasteiger partial charge in [-0.05, 0) is 37.5 Å². The predicted molar refractivity (Wildman–Crippen MR) is 73.9 cm³/mol. The van der Waals surface area contributed by atoms with Crippen molar-refractivity contribution in [3.63, 3.8) is 0 Å². The fourth-order valence-electron chi connectivity index (χ4n) is 3.76. The van der Waals surface area contributed by atoms with Gasteiger partial charge in [-0.3, -0.25) is 4.90 Å². The van der Waals surface area contributed by atoms with Gasteiger partial charge in [0.2, 0.25) is 0 Å². The summed E-state index contributed by atoms with van der Waals surface area (Å²) in [6.07, 6.45) is 7.03. The van der Waals surface area contributed by atoms with Crippen molar-refractivity contribution in [1.29, 1.82) is 0 Å². The van der Waals surface area contributed by atoms with Crippen molar-refractivity contribution in [1.82, 2.24) is 4.90 Å². The van der Waals surface area contributed by atoms with Gasteiger partial charge < -0.3 is 5.73 Å². The average molecular weight is 238 g/mol. The smallest absolute Gasteiger partial charge is 0.0306 e. The summed E-state index contributed by atoms with van der Waals surface area (Å²) in [7, 11) is 0. The van der Waals surface area contributed by atoms with E-state index in [0.717, 1.165) is 24.3 Å². The van der Waals surface area contributed by atoms with E-state index >= 15 is 0 Å². The zero-order chi connectivity index (χ0) is 12.5. The fourth-order valence-corrected chi connectivity index (χ4v) is 3.76. The second kappa shape index (κ2) is 5.27. The molecule has 0 radical (unpaired) electrons. The Labute approximate surface area is 107 Å². The Bertz CT molecular complexity index is 239. The van der Waals surface area contributed by atoms with Crippen LogP contribution in [-0.2, 0) is 0 Å². The van der Waals surface area contributed by atoms with Crippen molar-refractivity contribution < 1.29 is 0 Å². The average Bonchev–Trinajstić information content (AvgIpc) is 2.22. The molecule has 2 rings (SSSR count). The number of hydrogen-bond acceptors (Lipinski definition) is 2. The normalized spacial score (nSPS) is 35.3. The number of nitrogens with two attached hydrogens (primary N) is 1. The summed E-state index contributed by atoms with van der Waals surface area (Å²) in [4.78, 5) is 2.70. The highest BCUT2D eigenvalue weighted by molar-refractivity contribution is 4.94. The standard InChI is InChI=1S/C15H30N2/c1-12-7-13(2)10-17(9-12)15(3,11-16)8-14-5-4-6-14/h12-14H,4-11,16H2,1-3H3. The molecule has 0 aromatic carbocycles. The van der Waals surface area contributed by atoms with Gasteiger partial charge in [0.1, 0.15) is 0 Å². The summed E-state index contributed by atoms with van der Waals surface area (Å²) in [6.45, 7) is 10.5. The third kappa shape index (κ3) is 3.03. The van der Waals surface area contributed by atoms with Crippen LogP contribution in [-0.4, -0.2) is 30.1 Å². The third-order valence-corrected chi connectivity index (χ3v) is 5.03. The summed E-state index contributed by atoms with van der Waals surface area (Å²) in [5.41, 5.74) is 6.37. The molecule has 0 aromatic rings. The maximum absolute atomic E-state index is 6.11. The van der Waals surface area contributed by atoms with Crippen LogP contribution in [0.2, 0.25) is 0 Å². The lowest BCUT2D eigenvalue weighted by Crippen LogP contribution is -2.57. The number of likely N-dealkylation sites (tertiary alicyclic amines) is 1. The van der Waals surface area contributed by atoms with Crippen LogP contribution in [0.3, 0.4) is 0 Å². The molecule has 2 nitrogen and oxygen atoms in total. The number of nitrogens with zero attached hydrogens (tertiary/aromatic N) is 1. The van der Waals surface area contributed by atoms with Gasteiger partial charge in [-0.1, -0.05) is 33.1 Å². The van der Waals surface area contributed by atoms with Crippen LogP contribution >= 0.6 is 0 Å². The predicted octanol–water partition coefficient (Wildman–Crippen LogP) is 2.87. The molecule has 2 N–H and O–H groups in total. The van der Waals surface area contributed by atoms with Crippen LogP contribution in [0.5, 0.6) is 0 Å². The van der Waals surface area contributed by atoms with E-state index < -0.39 is 0 Å². The summed E-state index contributed by atoms with van der Waals surface area (Å²) in [6, 6.07) is 0. The molecule has 2 aliphatic rings. The Hall–Kier alpha value is -0.0800. The van der Waals surface area contributed by atoms with E-state index in [0.29, 0.717) is 0 Å². The van der Waals surface area contributed by atoms with E-state index in [1.165, 1.54) is 45.2 Å². The Morgan fingerprint density at radius 3 is 2.18 bits per heavy atom. The first-order chi connectivity index (χ1) is 8.03. The number of hydrogen-bond donors (Lipinski definition) is 1. The topological polar surface area (TPSA) is 29.3 Å². The molecule has 0 aromatic heterocycles. The minimum absolute atomic E-state index is 0.258. The summed E-state index contributed by atoms with van der Waals surface area (Å²) in [5.74, 6) is 2.63. The van der Waals surface area contributed by atoms with Crippen LogP contribution < -0.4 is 5.73 Å². The van der Waals surface area contributed by atoms with Gasteiger partial charge in [-0.2, -0.15) is 0 Å². The van der Waals surface area contributed by atoms with Crippen LogP contribution in [0, 0.1) is 17.8 Å². The summed E-state index contributed by atoms with van der Waals surface area (Å²) >= 11 is 0. The molecule has 0 amide bonds. The first-order valence-corrected chi connectivity index (χ1v) is 7.48. The molecule has 100 valence electrons. The van der Waals surface area contributed by atoms with E-state index in [2.05, 4.69) is 25.7 Å². The molecule has 3 unspecified atom stereocenters. The molecular formula is C15H30N2. The van der Waals surface area contributed by atoms with E-state index in [1.807, 2.05) is 0 Å². The molecule has 0 spiro atoms. The second-order valence-corrected chi connectivity index (χ2v) is 7.05. The molecule has 1 saturated heterocycles. The van der Waals surface area contributed by atoms with Gasteiger partial charge in [0.05, 0.1) is 0 Å². The molecule has 3 atom stereocenters. The minimum Gasteiger partial charge on any atom is -0.329 e. The lowest BCUT2D eigenvalue weighted by atomic mass is 9.75. The van der Waals surface area contributed by atoms with Crippen molar-refractivity contribution in [3.8, 4) is 0 Å². The molecule has 1 aliphatic heterocycles. The largest absolute Gasteiger partial charge is 0.329 e. The summed E-state index contributed by atoms with van der Waals surface area (Å²) < 4.78 is 0. The van der Waals surface area contributed by atoms with Gasteiger partial charge in [0, 0.05) is 25.2 Å². The maximum Gasteiger partial charge on any atom is 0.0306 e. The van der Waals surface area contributed by atoms with Crippen LogP contribution in [0.1, 0.15) is 52.9 Å². The Morgan fingerprint density at radius 2 is 1.76 bits per heavy atom. The monoisotopic (exact) mass is 238 g/mol. The lowest BCUT2D eigenvalue weighted by molar-refractivity contribution is 0.0158. The van der Waals surface area contributed by atoms with Crippen molar-refractivity contribution in [2.24, 2.45) is 23.5 Å². The second-order valence-electron chi connectivity index (χ2n) is 7.05. The maximum atomic E-state index is 6.11. The fraction of sp³-hybridized carbons (Fsp3) is 1.00. The van der Waals surface area contributed by atoms with Gasteiger partial charge in [0.15, 0.2) is 0 Å². The van der Waals surface area contributed by atoms with E-state index in [9.17, 15) is 0 Å². The Balaban J connectivity index is 1.99. The van der Waals surface area contributed by atoms with Gasteiger partial charge >= 0.3 is 0 Å². The van der Waals surface area contributed by atoms with E-state index in [-0.39, 0.29) is 5.54 Å². The van der Waals surface area contributed by atoms with Crippen LogP contribution in [0.15, 0.2) is 0 Å². The first kappa shape index (κ1) is 13.4. The van der Waals surface area contributed by atoms with E-state index in [1.54, 1.807) is 0 Å². The third-order valence-electron chi connectivity index (χ3n) is 5.03. The first-order valence-electron chi connectivity index (χ1n) is 7.48. The van der Waals surface area contributed by atoms with Crippen molar-refractivity contribution in [2.45, 2.75) is 58.4 Å². The Kier molecular flexibility index (Phi) is 4.14. The van der Waals surface area contributed by atoms with Crippen LogP contribution in [0.25, 0.3) is 0 Å². The molecule has 1 heterocycles. The number of piperidine rings is 1. The zero-order valence-electron chi connectivity index (χ0n) is 11.9. The van der Waals surface area contributed by atoms with Crippen molar-refractivity contribution in [3.05, 3.63) is 0 Å². The molecular weight excluding hydrogens is 208 g/mol. The quantitative estimate of drug-likeness (QED) is 0.816. The summed E-state index contributed by atoms with van der Waals surface area (Å²) in [5, 5.41) is 0. The van der Waals surface area contributed by atoms with Crippen LogP contribution in [0.4, 0.5) is 0 Å². The van der Waals surface area contributed by atoms with E-state index in [4.69, 9.17) is 5.73 Å². The molecule has 0 bridgehead atoms. The van der Waals surface area contributed by atoms with Gasteiger partial charge in [-0.15, -0.1) is 0 Å². The van der Waals surface area contributed by atoms with Crippen molar-refractivity contribution >= 4 is 0 Å². The van der Waals surface area contributed by atoms with Gasteiger partial charge in [0.25, 0.3) is 0 Å². The SMILES string of the molecule is CC1CC(C)CN(C(C)(CN)CC2CCC2)C1. The lowest BCUT2D eigenvalue weighted by Gasteiger charge is -2.49. The molecule has 1 aliphatic carbocycles.